The highest BCUT2D eigenvalue weighted by atomic mass is 16.7. The van der Waals surface area contributed by atoms with E-state index >= 15 is 0 Å². The smallest absolute Gasteiger partial charge is 0.339 e. The summed E-state index contributed by atoms with van der Waals surface area (Å²) >= 11 is 0. The third-order valence-electron chi connectivity index (χ3n) is 9.54. The zero-order valence-corrected chi connectivity index (χ0v) is 27.4. The van der Waals surface area contributed by atoms with Crippen LogP contribution >= 0.6 is 0 Å². The lowest BCUT2D eigenvalue weighted by Gasteiger charge is -2.49. The maximum Gasteiger partial charge on any atom is 0.339 e. The van der Waals surface area contributed by atoms with Crippen LogP contribution in [0.5, 0.6) is 40.2 Å². The Labute approximate surface area is 301 Å². The standard InChI is InChI=1S/C35H30O19/c36-13-4-1-12(2-5-13)3-6-17(37)24-18(38)7-14(8-19(24)39)51-33-28(44)27(43)29-21(52-33)11-50-31(45)16-10-22(41)35(49)34(47,48)25(16)23-15(32(46)53-29)9-20(40)26(42)30(23)54-35/h1-2,4-5,7-10,21,25,27-29,33,36,38-40,42-44,47-49H,3,6,11H2/t21-,25-,27-,28-,29-,33-,35-/m1/s1. The van der Waals surface area contributed by atoms with E-state index in [1.165, 1.54) is 12.1 Å². The quantitative estimate of drug-likeness (QED) is 0.0624. The molecular weight excluding hydrogens is 724 g/mol. The van der Waals surface area contributed by atoms with Gasteiger partial charge in [0, 0.05) is 24.1 Å². The number of aliphatic hydroxyl groups is 5. The molecule has 1 saturated heterocycles. The number of Topliss-reactive ketones (excluding diaryl/α,β-unsaturated/α-hetero) is 1. The minimum atomic E-state index is -3.69. The van der Waals surface area contributed by atoms with E-state index in [0.717, 1.165) is 12.1 Å². The van der Waals surface area contributed by atoms with Crippen molar-refractivity contribution in [2.45, 2.75) is 61.0 Å². The van der Waals surface area contributed by atoms with Crippen molar-refractivity contribution < 1.29 is 93.9 Å². The van der Waals surface area contributed by atoms with Crippen LogP contribution in [0.1, 0.15) is 44.2 Å². The zero-order valence-electron chi connectivity index (χ0n) is 27.4. The summed E-state index contributed by atoms with van der Waals surface area (Å²) in [5.41, 5.74) is -2.17. The molecule has 3 aromatic carbocycles. The summed E-state index contributed by atoms with van der Waals surface area (Å²) in [6.07, 6.45) is -9.20. The lowest BCUT2D eigenvalue weighted by atomic mass is 9.70. The molecule has 1 aliphatic carbocycles. The van der Waals surface area contributed by atoms with Gasteiger partial charge in [-0.3, -0.25) is 9.59 Å². The summed E-state index contributed by atoms with van der Waals surface area (Å²) in [4.78, 5) is 52.9. The van der Waals surface area contributed by atoms with Gasteiger partial charge in [-0.25, -0.2) is 9.59 Å². The molecule has 0 radical (unpaired) electrons. The maximum absolute atomic E-state index is 13.7. The van der Waals surface area contributed by atoms with Crippen LogP contribution in [0.25, 0.3) is 0 Å². The molecular formula is C35H30O19. The average Bonchev–Trinajstić information content (AvgIpc) is 3.12. The molecule has 3 aromatic rings. The van der Waals surface area contributed by atoms with Crippen LogP contribution in [-0.2, 0) is 30.2 Å². The Kier molecular flexibility index (Phi) is 8.67. The lowest BCUT2D eigenvalue weighted by Crippen LogP contribution is -2.70. The number of esters is 2. The van der Waals surface area contributed by atoms with Gasteiger partial charge in [0.25, 0.3) is 5.79 Å². The monoisotopic (exact) mass is 754 g/mol. The van der Waals surface area contributed by atoms with Crippen LogP contribution in [0.4, 0.5) is 0 Å². The number of rotatable bonds is 6. The summed E-state index contributed by atoms with van der Waals surface area (Å²) in [7, 11) is 0. The Morgan fingerprint density at radius 1 is 0.870 bits per heavy atom. The van der Waals surface area contributed by atoms with Crippen molar-refractivity contribution in [3.8, 4) is 40.2 Å². The third kappa shape index (κ3) is 5.70. The molecule has 2 bridgehead atoms. The van der Waals surface area contributed by atoms with Gasteiger partial charge in [0.15, 0.2) is 23.4 Å². The first-order chi connectivity index (χ1) is 25.4. The molecule has 0 saturated carbocycles. The van der Waals surface area contributed by atoms with Gasteiger partial charge >= 0.3 is 17.7 Å². The molecule has 7 atom stereocenters. The van der Waals surface area contributed by atoms with E-state index in [1.807, 2.05) is 0 Å². The van der Waals surface area contributed by atoms with E-state index < -0.39 is 129 Å². The highest BCUT2D eigenvalue weighted by Crippen LogP contribution is 2.58. The number of phenolic OH excluding ortho intramolecular Hbond substituents is 5. The Hall–Kier alpha value is -5.96. The number of cyclic esters (lactones) is 1. The highest BCUT2D eigenvalue weighted by Gasteiger charge is 2.70. The molecule has 19 nitrogen and oxygen atoms in total. The van der Waals surface area contributed by atoms with Crippen molar-refractivity contribution >= 4 is 23.5 Å². The number of hydrogen-bond acceptors (Lipinski definition) is 19. The second-order valence-corrected chi connectivity index (χ2v) is 12.9. The second-order valence-electron chi connectivity index (χ2n) is 12.9. The number of carbonyl (C=O) groups excluding carboxylic acids is 4. The summed E-state index contributed by atoms with van der Waals surface area (Å²) in [6.45, 7) is -0.937. The number of ether oxygens (including phenoxy) is 5. The second kappa shape index (κ2) is 12.9. The first-order valence-electron chi connectivity index (χ1n) is 16.1. The number of hydrogen-bond donors (Lipinski definition) is 10. The third-order valence-corrected chi connectivity index (χ3v) is 9.54. The molecule has 0 amide bonds. The van der Waals surface area contributed by atoms with Crippen LogP contribution in [0.15, 0.2) is 54.1 Å². The van der Waals surface area contributed by atoms with Crippen molar-refractivity contribution in [1.82, 2.24) is 0 Å². The van der Waals surface area contributed by atoms with Gasteiger partial charge in [0.2, 0.25) is 17.8 Å². The van der Waals surface area contributed by atoms with Crippen LogP contribution < -0.4 is 9.47 Å². The number of aliphatic hydroxyl groups excluding tert-OH is 2. The molecule has 284 valence electrons. The van der Waals surface area contributed by atoms with Crippen LogP contribution in [0.2, 0.25) is 0 Å². The van der Waals surface area contributed by atoms with E-state index in [-0.39, 0.29) is 24.3 Å². The number of aryl methyl sites for hydroxylation is 1. The number of carbonyl (C=O) groups is 4. The molecule has 0 spiro atoms. The molecule has 7 rings (SSSR count). The molecule has 3 heterocycles. The molecule has 10 N–H and O–H groups in total. The number of fused-ring (bicyclic) bond motifs is 2. The Morgan fingerprint density at radius 3 is 2.20 bits per heavy atom. The molecule has 1 fully saturated rings. The number of benzene rings is 3. The first-order valence-corrected chi connectivity index (χ1v) is 16.1. The number of phenols is 5. The molecule has 54 heavy (non-hydrogen) atoms. The van der Waals surface area contributed by atoms with Crippen molar-refractivity contribution in [3.05, 3.63) is 76.4 Å². The Bertz CT molecular complexity index is 2100. The fraction of sp³-hybridized carbons (Fsp3) is 0.314. The normalized spacial score (nSPS) is 28.3. The fourth-order valence-electron chi connectivity index (χ4n) is 6.76. The molecule has 19 heteroatoms. The van der Waals surface area contributed by atoms with E-state index in [1.54, 1.807) is 12.1 Å². The first kappa shape index (κ1) is 36.4. The minimum absolute atomic E-state index is 0.0282. The summed E-state index contributed by atoms with van der Waals surface area (Å²) in [6, 6.07) is 8.44. The summed E-state index contributed by atoms with van der Waals surface area (Å²) < 4.78 is 27.0. The van der Waals surface area contributed by atoms with Crippen molar-refractivity contribution in [1.29, 1.82) is 0 Å². The zero-order chi connectivity index (χ0) is 39.0. The Morgan fingerprint density at radius 2 is 1.54 bits per heavy atom. The van der Waals surface area contributed by atoms with Crippen LogP contribution in [0, 0.1) is 0 Å². The molecule has 3 aliphatic heterocycles. The SMILES string of the molecule is O=C1OC[C@H]2O[C@@H](Oc3cc(O)c(C(=O)CCc4ccc(O)cc4)c(O)c3)[C@H](O)[C@@H](O)[C@@H]2OC(=O)c2cc(O)c(O)c3c2[C@H]2C1=CC(=O)[C@@](O)(O3)C2(O)O. The molecule has 0 unspecified atom stereocenters. The van der Waals surface area contributed by atoms with Gasteiger partial charge in [-0.1, -0.05) is 12.1 Å². The number of aromatic hydroxyl groups is 5. The molecule has 0 aromatic heterocycles. The average molecular weight is 755 g/mol. The molecule has 4 aliphatic rings. The van der Waals surface area contributed by atoms with Gasteiger partial charge in [0.05, 0.1) is 17.1 Å². The minimum Gasteiger partial charge on any atom is -0.508 e. The highest BCUT2D eigenvalue weighted by molar-refractivity contribution is 6.08. The van der Waals surface area contributed by atoms with E-state index in [4.69, 9.17) is 23.7 Å². The topological polar surface area (TPSA) is 317 Å². The summed E-state index contributed by atoms with van der Waals surface area (Å²) in [5.74, 6) is -19.7. The Balaban J connectivity index is 1.17. The predicted molar refractivity (Wildman–Crippen MR) is 170 cm³/mol. The van der Waals surface area contributed by atoms with Gasteiger partial charge in [0.1, 0.15) is 53.5 Å². The lowest BCUT2D eigenvalue weighted by molar-refractivity contribution is -0.339. The van der Waals surface area contributed by atoms with Crippen molar-refractivity contribution in [3.63, 3.8) is 0 Å². The van der Waals surface area contributed by atoms with Gasteiger partial charge in [-0.2, -0.15) is 0 Å². The van der Waals surface area contributed by atoms with Crippen molar-refractivity contribution in [2.75, 3.05) is 6.61 Å². The summed E-state index contributed by atoms with van der Waals surface area (Å²) in [5, 5.41) is 107. The number of ketones is 2. The van der Waals surface area contributed by atoms with E-state index in [2.05, 4.69) is 0 Å². The van der Waals surface area contributed by atoms with Gasteiger partial charge < -0.3 is 74.7 Å². The van der Waals surface area contributed by atoms with E-state index in [0.29, 0.717) is 17.7 Å². The van der Waals surface area contributed by atoms with Gasteiger partial charge in [-0.05, 0) is 36.3 Å². The van der Waals surface area contributed by atoms with E-state index in [9.17, 15) is 70.2 Å². The largest absolute Gasteiger partial charge is 0.508 e. The van der Waals surface area contributed by atoms with Gasteiger partial charge in [-0.15, -0.1) is 0 Å². The fourth-order valence-corrected chi connectivity index (χ4v) is 6.76. The van der Waals surface area contributed by atoms with Crippen LogP contribution in [-0.4, -0.2) is 123 Å². The van der Waals surface area contributed by atoms with Crippen molar-refractivity contribution in [2.24, 2.45) is 0 Å². The van der Waals surface area contributed by atoms with Crippen LogP contribution in [0.3, 0.4) is 0 Å². The predicted octanol–water partition coefficient (Wildman–Crippen LogP) is -1.01. The maximum atomic E-state index is 13.7.